The first-order chi connectivity index (χ1) is 7.04. The molecule has 0 bridgehead atoms. The molecule has 15 heavy (non-hydrogen) atoms. The topological polar surface area (TPSA) is 64.2 Å². The summed E-state index contributed by atoms with van der Waals surface area (Å²) in [5, 5.41) is 2.63. The molecule has 1 aromatic heterocycles. The molecule has 1 heterocycles. The van der Waals surface area contributed by atoms with Crippen LogP contribution in [0.15, 0.2) is 15.4 Å². The minimum absolute atomic E-state index is 0.0926. The van der Waals surface area contributed by atoms with Crippen molar-refractivity contribution in [1.29, 1.82) is 0 Å². The molecule has 0 aliphatic carbocycles. The van der Waals surface area contributed by atoms with E-state index in [1.165, 1.54) is 10.8 Å². The normalized spacial score (nSPS) is 12.5. The summed E-state index contributed by atoms with van der Waals surface area (Å²) in [6.07, 6.45) is 1.94. The van der Waals surface area contributed by atoms with Gasteiger partial charge in [-0.15, -0.1) is 0 Å². The van der Waals surface area contributed by atoms with Gasteiger partial charge in [0.1, 0.15) is 0 Å². The minimum Gasteiger partial charge on any atom is -0.335 e. The lowest BCUT2D eigenvalue weighted by Gasteiger charge is -2.09. The molecule has 1 N–H and O–H groups in total. The third kappa shape index (κ3) is 3.16. The molecular weight excluding hydrogens is 216 g/mol. The number of rotatable bonds is 4. The Morgan fingerprint density at radius 2 is 2.40 bits per heavy atom. The largest absolute Gasteiger partial charge is 0.359 e. The monoisotopic (exact) mass is 230 g/mol. The zero-order valence-corrected chi connectivity index (χ0v) is 9.76. The molecule has 5 nitrogen and oxygen atoms in total. The third-order valence-electron chi connectivity index (χ3n) is 1.94. The van der Waals surface area contributed by atoms with E-state index >= 15 is 0 Å². The van der Waals surface area contributed by atoms with Crippen LogP contribution < -0.4 is 10.9 Å². The second kappa shape index (κ2) is 5.06. The number of nitrogens with one attached hydrogen (secondary N) is 1. The molecule has 1 rings (SSSR count). The minimum atomic E-state index is -0.467. The van der Waals surface area contributed by atoms with Gasteiger partial charge in [-0.3, -0.25) is 4.79 Å². The Labute approximate surface area is 91.8 Å². The molecule has 1 unspecified atom stereocenters. The number of amides is 1. The SMILES string of the molecule is CSCC(C)C(=O)Nc1cc(=O)on1C. The van der Waals surface area contributed by atoms with Crippen molar-refractivity contribution in [1.82, 2.24) is 4.74 Å². The van der Waals surface area contributed by atoms with Gasteiger partial charge in [-0.2, -0.15) is 16.5 Å². The van der Waals surface area contributed by atoms with Crippen molar-refractivity contribution in [2.24, 2.45) is 13.0 Å². The molecule has 0 radical (unpaired) electrons. The zero-order chi connectivity index (χ0) is 11.4. The summed E-state index contributed by atoms with van der Waals surface area (Å²) in [7, 11) is 1.57. The van der Waals surface area contributed by atoms with Crippen LogP contribution in [0.4, 0.5) is 5.82 Å². The van der Waals surface area contributed by atoms with Crippen molar-refractivity contribution in [3.63, 3.8) is 0 Å². The van der Waals surface area contributed by atoms with E-state index in [0.717, 1.165) is 5.75 Å². The first kappa shape index (κ1) is 11.9. The number of thioether (sulfide) groups is 1. The lowest BCUT2D eigenvalue weighted by molar-refractivity contribution is -0.118. The third-order valence-corrected chi connectivity index (χ3v) is 2.77. The molecule has 84 valence electrons. The van der Waals surface area contributed by atoms with Crippen LogP contribution in [0.1, 0.15) is 6.92 Å². The van der Waals surface area contributed by atoms with Gasteiger partial charge in [-0.1, -0.05) is 6.92 Å². The lowest BCUT2D eigenvalue weighted by Crippen LogP contribution is -2.23. The number of anilines is 1. The lowest BCUT2D eigenvalue weighted by atomic mass is 10.2. The van der Waals surface area contributed by atoms with Crippen molar-refractivity contribution in [3.05, 3.63) is 16.5 Å². The molecule has 6 heteroatoms. The summed E-state index contributed by atoms with van der Waals surface area (Å²) in [4.78, 5) is 22.4. The maximum absolute atomic E-state index is 11.6. The van der Waals surface area contributed by atoms with E-state index in [2.05, 4.69) is 5.32 Å². The fourth-order valence-corrected chi connectivity index (χ4v) is 1.75. The van der Waals surface area contributed by atoms with E-state index in [9.17, 15) is 9.59 Å². The van der Waals surface area contributed by atoms with Crippen LogP contribution in [-0.2, 0) is 11.8 Å². The number of hydrogen-bond donors (Lipinski definition) is 1. The molecule has 0 aliphatic rings. The van der Waals surface area contributed by atoms with E-state index in [-0.39, 0.29) is 11.8 Å². The van der Waals surface area contributed by atoms with Crippen molar-refractivity contribution >= 4 is 23.5 Å². The number of carbonyl (C=O) groups is 1. The average Bonchev–Trinajstić information content (AvgIpc) is 2.45. The molecule has 1 atom stereocenters. The molecule has 0 saturated carbocycles. The van der Waals surface area contributed by atoms with E-state index in [0.29, 0.717) is 5.82 Å². The van der Waals surface area contributed by atoms with Gasteiger partial charge in [0.25, 0.3) is 0 Å². The average molecular weight is 230 g/mol. The van der Waals surface area contributed by atoms with Crippen LogP contribution >= 0.6 is 11.8 Å². The van der Waals surface area contributed by atoms with E-state index in [1.807, 2.05) is 13.2 Å². The first-order valence-electron chi connectivity index (χ1n) is 4.51. The Bertz CT molecular complexity index is 396. The van der Waals surface area contributed by atoms with E-state index < -0.39 is 5.63 Å². The fourth-order valence-electron chi connectivity index (χ4n) is 1.10. The quantitative estimate of drug-likeness (QED) is 0.835. The van der Waals surface area contributed by atoms with Crippen LogP contribution in [0.25, 0.3) is 0 Å². The molecule has 0 fully saturated rings. The highest BCUT2D eigenvalue weighted by molar-refractivity contribution is 7.98. The van der Waals surface area contributed by atoms with Crippen LogP contribution in [0, 0.1) is 5.92 Å². The Kier molecular flexibility index (Phi) is 4.02. The van der Waals surface area contributed by atoms with Crippen molar-refractivity contribution < 1.29 is 9.32 Å². The van der Waals surface area contributed by atoms with Gasteiger partial charge in [0.05, 0.1) is 6.07 Å². The Morgan fingerprint density at radius 1 is 1.73 bits per heavy atom. The van der Waals surface area contributed by atoms with Crippen LogP contribution in [-0.4, -0.2) is 22.7 Å². The highest BCUT2D eigenvalue weighted by Crippen LogP contribution is 2.09. The van der Waals surface area contributed by atoms with E-state index in [1.54, 1.807) is 18.8 Å². The molecular formula is C9H14N2O3S. The first-order valence-corrected chi connectivity index (χ1v) is 5.91. The Morgan fingerprint density at radius 3 is 2.87 bits per heavy atom. The molecule has 0 aliphatic heterocycles. The van der Waals surface area contributed by atoms with Crippen molar-refractivity contribution in [2.75, 3.05) is 17.3 Å². The van der Waals surface area contributed by atoms with Crippen LogP contribution in [0.5, 0.6) is 0 Å². The second-order valence-electron chi connectivity index (χ2n) is 3.28. The smallest absolute Gasteiger partial charge is 0.335 e. The number of carbonyl (C=O) groups excluding carboxylic acids is 1. The maximum atomic E-state index is 11.6. The van der Waals surface area contributed by atoms with Gasteiger partial charge in [0.2, 0.25) is 5.91 Å². The summed E-state index contributed by atoms with van der Waals surface area (Å²) < 4.78 is 5.94. The molecule has 1 amide bonds. The van der Waals surface area contributed by atoms with Gasteiger partial charge in [-0.05, 0) is 6.26 Å². The number of aromatic nitrogens is 1. The second-order valence-corrected chi connectivity index (χ2v) is 4.19. The van der Waals surface area contributed by atoms with Gasteiger partial charge >= 0.3 is 5.63 Å². The van der Waals surface area contributed by atoms with Crippen LogP contribution in [0.2, 0.25) is 0 Å². The highest BCUT2D eigenvalue weighted by atomic mass is 32.2. The van der Waals surface area contributed by atoms with E-state index in [4.69, 9.17) is 4.52 Å². The maximum Gasteiger partial charge on any atom is 0.359 e. The number of aryl methyl sites for hydroxylation is 1. The standard InChI is InChI=1S/C9H14N2O3S/c1-6(5-15-3)9(13)10-7-4-8(12)14-11(7)2/h4,6H,5H2,1-3H3,(H,10,13). The van der Waals surface area contributed by atoms with Crippen molar-refractivity contribution in [3.8, 4) is 0 Å². The van der Waals surface area contributed by atoms with Crippen LogP contribution in [0.3, 0.4) is 0 Å². The summed E-state index contributed by atoms with van der Waals surface area (Å²) in [5.74, 6) is 0.932. The fraction of sp³-hybridized carbons (Fsp3) is 0.556. The summed E-state index contributed by atoms with van der Waals surface area (Å²) in [5.41, 5.74) is -0.467. The van der Waals surface area contributed by atoms with Crippen molar-refractivity contribution in [2.45, 2.75) is 6.92 Å². The molecule has 0 aromatic carbocycles. The number of hydrogen-bond acceptors (Lipinski definition) is 4. The highest BCUT2D eigenvalue weighted by Gasteiger charge is 2.14. The van der Waals surface area contributed by atoms with Gasteiger partial charge in [-0.25, -0.2) is 4.79 Å². The Hall–Kier alpha value is -1.17. The predicted octanol–water partition coefficient (Wildman–Crippen LogP) is 0.916. The number of nitrogens with zero attached hydrogens (tertiary/aromatic N) is 1. The molecule has 1 aromatic rings. The summed E-state index contributed by atoms with van der Waals surface area (Å²) in [6, 6.07) is 1.25. The summed E-state index contributed by atoms with van der Waals surface area (Å²) in [6.45, 7) is 1.84. The van der Waals surface area contributed by atoms with Gasteiger partial charge < -0.3 is 9.84 Å². The molecule has 0 saturated heterocycles. The Balaban J connectivity index is 2.66. The van der Waals surface area contributed by atoms with Gasteiger partial charge in [0.15, 0.2) is 5.82 Å². The predicted molar refractivity (Wildman–Crippen MR) is 60.1 cm³/mol. The summed E-state index contributed by atoms with van der Waals surface area (Å²) >= 11 is 1.61. The zero-order valence-electron chi connectivity index (χ0n) is 8.94. The molecule has 0 spiro atoms. The van der Waals surface area contributed by atoms with Gasteiger partial charge in [0, 0.05) is 18.7 Å².